The van der Waals surface area contributed by atoms with Gasteiger partial charge in [-0.05, 0) is 6.07 Å². The van der Waals surface area contributed by atoms with E-state index in [9.17, 15) is 22.8 Å². The molecule has 0 atom stereocenters. The van der Waals surface area contributed by atoms with Crippen molar-refractivity contribution in [1.82, 2.24) is 29.5 Å². The second-order valence-corrected chi connectivity index (χ2v) is 4.46. The molecule has 0 aliphatic carbocycles. The topological polar surface area (TPSA) is 107 Å². The van der Waals surface area contributed by atoms with Crippen LogP contribution in [0.5, 0.6) is 0 Å². The smallest absolute Gasteiger partial charge is 0.265 e. The van der Waals surface area contributed by atoms with Crippen molar-refractivity contribution in [3.8, 4) is 0 Å². The van der Waals surface area contributed by atoms with Crippen molar-refractivity contribution >= 4 is 22.7 Å². The summed E-state index contributed by atoms with van der Waals surface area (Å²) >= 11 is 0. The minimum atomic E-state index is -5.12. The van der Waals surface area contributed by atoms with E-state index in [4.69, 9.17) is 0 Å². The Morgan fingerprint density at radius 2 is 2.09 bits per heavy atom. The summed E-state index contributed by atoms with van der Waals surface area (Å²) in [4.78, 5) is 27.1. The quantitative estimate of drug-likeness (QED) is 0.711. The third kappa shape index (κ3) is 2.47. The first-order valence-corrected chi connectivity index (χ1v) is 6.33. The van der Waals surface area contributed by atoms with Crippen molar-refractivity contribution in [2.24, 2.45) is 0 Å². The molecule has 0 saturated heterocycles. The van der Waals surface area contributed by atoms with Crippen LogP contribution in [0.25, 0.3) is 16.8 Å². The van der Waals surface area contributed by atoms with Gasteiger partial charge in [0.2, 0.25) is 0 Å². The number of aromatic nitrogens is 6. The maximum atomic E-state index is 12.3. The molecule has 12 heteroatoms. The van der Waals surface area contributed by atoms with Gasteiger partial charge >= 0.3 is 12.1 Å². The number of nitrogens with zero attached hydrogens (tertiary/aromatic N) is 6. The summed E-state index contributed by atoms with van der Waals surface area (Å²) < 4.78 is 38.4. The summed E-state index contributed by atoms with van der Waals surface area (Å²) in [6, 6.07) is 1.28. The minimum Gasteiger partial charge on any atom is -0.265 e. The number of halogens is 3. The Bertz CT molecular complexity index is 975. The van der Waals surface area contributed by atoms with Gasteiger partial charge in [-0.2, -0.15) is 22.7 Å². The number of carbonyl (C=O) groups is 1. The van der Waals surface area contributed by atoms with Gasteiger partial charge in [0, 0.05) is 12.6 Å². The van der Waals surface area contributed by atoms with Crippen LogP contribution in [0.15, 0.2) is 17.1 Å². The lowest BCUT2D eigenvalue weighted by molar-refractivity contribution is -0.168. The number of alkyl halides is 3. The zero-order valence-electron chi connectivity index (χ0n) is 11.5. The maximum Gasteiger partial charge on any atom is 0.472 e. The summed E-state index contributed by atoms with van der Waals surface area (Å²) in [6.45, 7) is 1.82. The van der Waals surface area contributed by atoms with E-state index in [1.807, 2.05) is 6.92 Å². The van der Waals surface area contributed by atoms with Crippen molar-refractivity contribution in [2.75, 3.05) is 5.43 Å². The number of hydrogen-bond donors (Lipinski definition) is 1. The van der Waals surface area contributed by atoms with Gasteiger partial charge in [-0.15, -0.1) is 15.3 Å². The average molecular weight is 327 g/mol. The zero-order valence-corrected chi connectivity index (χ0v) is 11.5. The van der Waals surface area contributed by atoms with E-state index in [0.29, 0.717) is 16.9 Å². The van der Waals surface area contributed by atoms with Crippen LogP contribution in [0.2, 0.25) is 0 Å². The Morgan fingerprint density at radius 1 is 1.35 bits per heavy atom. The Labute approximate surface area is 124 Å². The van der Waals surface area contributed by atoms with Crippen LogP contribution >= 0.6 is 0 Å². The fourth-order valence-electron chi connectivity index (χ4n) is 1.86. The number of rotatable bonds is 2. The fourth-order valence-corrected chi connectivity index (χ4v) is 1.86. The zero-order chi connectivity index (χ0) is 16.8. The van der Waals surface area contributed by atoms with Gasteiger partial charge in [0.1, 0.15) is 5.52 Å². The van der Waals surface area contributed by atoms with Crippen LogP contribution in [0.4, 0.5) is 13.2 Å². The molecule has 9 nitrogen and oxygen atoms in total. The predicted molar refractivity (Wildman–Crippen MR) is 70.1 cm³/mol. The molecule has 0 unspecified atom stereocenters. The molecule has 3 heterocycles. The third-order valence-electron chi connectivity index (χ3n) is 2.94. The molecule has 0 aliphatic heterocycles. The van der Waals surface area contributed by atoms with Crippen molar-refractivity contribution < 1.29 is 18.0 Å². The van der Waals surface area contributed by atoms with Gasteiger partial charge in [-0.1, -0.05) is 6.92 Å². The van der Waals surface area contributed by atoms with Crippen LogP contribution in [0, 0.1) is 0 Å². The molecule has 3 aromatic rings. The minimum absolute atomic E-state index is 0.158. The molecule has 0 bridgehead atoms. The molecule has 3 rings (SSSR count). The predicted octanol–water partition coefficient (Wildman–Crippen LogP) is 0.0290. The lowest BCUT2D eigenvalue weighted by Gasteiger charge is -2.10. The van der Waals surface area contributed by atoms with E-state index >= 15 is 0 Å². The van der Waals surface area contributed by atoms with Gasteiger partial charge in [-0.25, -0.2) is 4.68 Å². The van der Waals surface area contributed by atoms with Gasteiger partial charge in [0.15, 0.2) is 11.3 Å². The van der Waals surface area contributed by atoms with Gasteiger partial charge in [0.05, 0.1) is 0 Å². The van der Waals surface area contributed by atoms with Gasteiger partial charge in [0.25, 0.3) is 11.3 Å². The number of hydrogen-bond acceptors (Lipinski definition) is 6. The Morgan fingerprint density at radius 3 is 2.74 bits per heavy atom. The molecular formula is C11H8F3N7O2. The molecular weight excluding hydrogens is 319 g/mol. The van der Waals surface area contributed by atoms with Crippen LogP contribution in [-0.2, 0) is 11.2 Å². The lowest BCUT2D eigenvalue weighted by atomic mass is 10.4. The van der Waals surface area contributed by atoms with Crippen LogP contribution in [0.1, 0.15) is 12.7 Å². The Kier molecular flexibility index (Phi) is 3.23. The van der Waals surface area contributed by atoms with E-state index in [1.54, 1.807) is 0 Å². The summed E-state index contributed by atoms with van der Waals surface area (Å²) in [6.07, 6.45) is -3.61. The second-order valence-electron chi connectivity index (χ2n) is 4.46. The summed E-state index contributed by atoms with van der Waals surface area (Å²) in [5, 5.41) is 11.5. The molecule has 1 N–H and O–H groups in total. The maximum absolute atomic E-state index is 12.3. The van der Waals surface area contributed by atoms with Gasteiger partial charge in [-0.3, -0.25) is 15.0 Å². The van der Waals surface area contributed by atoms with E-state index in [1.165, 1.54) is 16.0 Å². The summed E-state index contributed by atoms with van der Waals surface area (Å²) in [7, 11) is 0. The molecule has 0 aliphatic rings. The summed E-state index contributed by atoms with van der Waals surface area (Å²) in [5.74, 6) is -1.64. The lowest BCUT2D eigenvalue weighted by Crippen LogP contribution is -2.40. The van der Waals surface area contributed by atoms with Crippen molar-refractivity contribution in [3.63, 3.8) is 0 Å². The first-order valence-electron chi connectivity index (χ1n) is 6.33. The fraction of sp³-hybridized carbons (Fsp3) is 0.273. The normalized spacial score (nSPS) is 12.0. The van der Waals surface area contributed by atoms with E-state index < -0.39 is 17.6 Å². The first-order chi connectivity index (χ1) is 10.8. The molecule has 120 valence electrons. The molecule has 1 amide bonds. The molecule has 0 aromatic carbocycles. The number of nitrogens with one attached hydrogen (secondary N) is 1. The van der Waals surface area contributed by atoms with Crippen molar-refractivity contribution in [1.29, 1.82) is 0 Å². The molecule has 3 aromatic heterocycles. The highest BCUT2D eigenvalue weighted by Crippen LogP contribution is 2.14. The largest absolute Gasteiger partial charge is 0.472 e. The Hall–Kier alpha value is -3.05. The highest BCUT2D eigenvalue weighted by Gasteiger charge is 2.39. The number of carbonyl (C=O) groups excluding carboxylic acids is 1. The average Bonchev–Trinajstić information content (AvgIpc) is 2.92. The highest BCUT2D eigenvalue weighted by molar-refractivity contribution is 5.89. The van der Waals surface area contributed by atoms with E-state index in [2.05, 4.69) is 20.3 Å². The molecule has 0 saturated carbocycles. The second kappa shape index (κ2) is 5.00. The van der Waals surface area contributed by atoms with E-state index in [-0.39, 0.29) is 16.8 Å². The molecule has 0 radical (unpaired) electrons. The van der Waals surface area contributed by atoms with Crippen molar-refractivity contribution in [3.05, 3.63) is 28.4 Å². The number of pyridine rings is 1. The summed E-state index contributed by atoms with van der Waals surface area (Å²) in [5.41, 5.74) is 0.423. The van der Waals surface area contributed by atoms with Crippen LogP contribution in [0.3, 0.4) is 0 Å². The van der Waals surface area contributed by atoms with Crippen LogP contribution in [-0.4, -0.2) is 41.6 Å². The molecule has 23 heavy (non-hydrogen) atoms. The highest BCUT2D eigenvalue weighted by atomic mass is 19.4. The molecule has 0 fully saturated rings. The monoisotopic (exact) mass is 327 g/mol. The van der Waals surface area contributed by atoms with Gasteiger partial charge < -0.3 is 0 Å². The number of aryl methyl sites for hydroxylation is 1. The third-order valence-corrected chi connectivity index (χ3v) is 2.94. The number of amides is 1. The SMILES string of the molecule is CCc1nc2nnc3c(=O)n(NC(=O)C(F)(F)F)ccc3n2n1. The standard InChI is InChI=1S/C11H8F3N7O2/c1-2-6-15-10-17-16-7-5(21(10)18-6)3-4-20(8(7)22)19-9(23)11(12,13)14/h3-4H,2H2,1H3,(H,19,23). The molecule has 0 spiro atoms. The van der Waals surface area contributed by atoms with E-state index in [0.717, 1.165) is 6.20 Å². The number of fused-ring (bicyclic) bond motifs is 3. The van der Waals surface area contributed by atoms with Crippen LogP contribution < -0.4 is 11.0 Å². The first kappa shape index (κ1) is 14.9. The Balaban J connectivity index is 2.15. The van der Waals surface area contributed by atoms with Crippen molar-refractivity contribution in [2.45, 2.75) is 19.5 Å².